The zero-order chi connectivity index (χ0) is 13.3. The number of nitrogens with one attached hydrogen (secondary N) is 1. The van der Waals surface area contributed by atoms with Gasteiger partial charge in [0, 0.05) is 25.7 Å². The molecule has 0 radical (unpaired) electrons. The first-order valence-corrected chi connectivity index (χ1v) is 7.05. The number of nitrogens with zero attached hydrogens (tertiary/aromatic N) is 1. The smallest absolute Gasteiger partial charge is 0.248 e. The normalized spacial score (nSPS) is 35.1. The molecule has 2 aliphatic heterocycles. The number of carbonyl (C=O) groups excluding carboxylic acids is 1. The van der Waals surface area contributed by atoms with Crippen molar-refractivity contribution in [3.05, 3.63) is 0 Å². The largest absolute Gasteiger partial charge is 0.363 e. The molecule has 2 aliphatic rings. The molecule has 0 saturated carbocycles. The highest BCUT2D eigenvalue weighted by Gasteiger charge is 2.36. The fourth-order valence-corrected chi connectivity index (χ4v) is 2.94. The summed E-state index contributed by atoms with van der Waals surface area (Å²) in [5.74, 6) is 1.33. The van der Waals surface area contributed by atoms with E-state index in [9.17, 15) is 4.79 Å². The Labute approximate surface area is 110 Å². The summed E-state index contributed by atoms with van der Waals surface area (Å²) in [6.07, 6.45) is 1.22. The van der Waals surface area contributed by atoms with Gasteiger partial charge in [-0.3, -0.25) is 4.79 Å². The molecule has 2 saturated heterocycles. The second kappa shape index (κ2) is 5.17. The van der Waals surface area contributed by atoms with Gasteiger partial charge in [0.05, 0.1) is 5.60 Å². The number of rotatable bonds is 3. The third kappa shape index (κ3) is 2.86. The molecule has 0 aliphatic carbocycles. The summed E-state index contributed by atoms with van der Waals surface area (Å²) in [7, 11) is 0. The van der Waals surface area contributed by atoms with Crippen molar-refractivity contribution in [3.63, 3.8) is 0 Å². The molecule has 104 valence electrons. The summed E-state index contributed by atoms with van der Waals surface area (Å²) in [6.45, 7) is 11.5. The topological polar surface area (TPSA) is 41.6 Å². The standard InChI is InChI=1S/C14H26N2O2/c1-10-5-11(2)12(3)16(6-10)13(17)7-18-14(4)8-15-9-14/h10-12,15H,5-9H2,1-4H3. The Morgan fingerprint density at radius 2 is 2.06 bits per heavy atom. The number of ether oxygens (including phenoxy) is 1. The van der Waals surface area contributed by atoms with Crippen molar-refractivity contribution in [3.8, 4) is 0 Å². The van der Waals surface area contributed by atoms with Gasteiger partial charge in [0.1, 0.15) is 6.61 Å². The lowest BCUT2D eigenvalue weighted by atomic mass is 9.86. The van der Waals surface area contributed by atoms with Gasteiger partial charge in [-0.1, -0.05) is 13.8 Å². The second-order valence-corrected chi connectivity index (χ2v) is 6.45. The molecular formula is C14H26N2O2. The van der Waals surface area contributed by atoms with Crippen LogP contribution in [0.2, 0.25) is 0 Å². The first-order valence-electron chi connectivity index (χ1n) is 7.05. The van der Waals surface area contributed by atoms with E-state index < -0.39 is 0 Å². The fraction of sp³-hybridized carbons (Fsp3) is 0.929. The van der Waals surface area contributed by atoms with Gasteiger partial charge < -0.3 is 15.0 Å². The second-order valence-electron chi connectivity index (χ2n) is 6.45. The van der Waals surface area contributed by atoms with Crippen LogP contribution in [0, 0.1) is 11.8 Å². The molecule has 0 aromatic rings. The van der Waals surface area contributed by atoms with Gasteiger partial charge in [-0.25, -0.2) is 0 Å². The highest BCUT2D eigenvalue weighted by atomic mass is 16.5. The molecule has 0 aromatic heterocycles. The molecule has 0 spiro atoms. The molecule has 2 heterocycles. The van der Waals surface area contributed by atoms with Crippen LogP contribution in [0.15, 0.2) is 0 Å². The van der Waals surface area contributed by atoms with Crippen molar-refractivity contribution >= 4 is 5.91 Å². The number of hydrogen-bond donors (Lipinski definition) is 1. The van der Waals surface area contributed by atoms with E-state index in [0.29, 0.717) is 17.9 Å². The van der Waals surface area contributed by atoms with Gasteiger partial charge in [0.2, 0.25) is 5.91 Å². The van der Waals surface area contributed by atoms with E-state index in [-0.39, 0.29) is 18.1 Å². The summed E-state index contributed by atoms with van der Waals surface area (Å²) in [5.41, 5.74) is -0.133. The summed E-state index contributed by atoms with van der Waals surface area (Å²) >= 11 is 0. The Kier molecular flexibility index (Phi) is 3.97. The SMILES string of the molecule is CC1CC(C)C(C)N(C(=O)COC2(C)CNC2)C1. The average molecular weight is 254 g/mol. The van der Waals surface area contributed by atoms with Crippen LogP contribution in [0.1, 0.15) is 34.1 Å². The zero-order valence-corrected chi connectivity index (χ0v) is 12.0. The third-order valence-electron chi connectivity index (χ3n) is 4.46. The average Bonchev–Trinajstić information content (AvgIpc) is 2.28. The molecule has 18 heavy (non-hydrogen) atoms. The molecule has 2 fully saturated rings. The minimum atomic E-state index is -0.133. The number of hydrogen-bond acceptors (Lipinski definition) is 3. The predicted octanol–water partition coefficient (Wildman–Crippen LogP) is 1.26. The van der Waals surface area contributed by atoms with Crippen molar-refractivity contribution in [1.29, 1.82) is 0 Å². The van der Waals surface area contributed by atoms with Gasteiger partial charge in [0.25, 0.3) is 0 Å². The van der Waals surface area contributed by atoms with Gasteiger partial charge in [-0.05, 0) is 32.1 Å². The van der Waals surface area contributed by atoms with Crippen molar-refractivity contribution in [2.45, 2.75) is 45.8 Å². The molecule has 1 amide bonds. The minimum absolute atomic E-state index is 0.133. The Morgan fingerprint density at radius 1 is 1.39 bits per heavy atom. The van der Waals surface area contributed by atoms with Crippen LogP contribution in [0.25, 0.3) is 0 Å². The maximum Gasteiger partial charge on any atom is 0.248 e. The summed E-state index contributed by atoms with van der Waals surface area (Å²) in [6, 6.07) is 0.338. The van der Waals surface area contributed by atoms with Gasteiger partial charge in [0.15, 0.2) is 0 Å². The van der Waals surface area contributed by atoms with Crippen LogP contribution >= 0.6 is 0 Å². The molecule has 0 aromatic carbocycles. The number of amides is 1. The Bertz CT molecular complexity index is 315. The van der Waals surface area contributed by atoms with Crippen molar-refractivity contribution < 1.29 is 9.53 Å². The van der Waals surface area contributed by atoms with E-state index in [1.54, 1.807) is 0 Å². The molecule has 2 rings (SSSR count). The molecular weight excluding hydrogens is 228 g/mol. The zero-order valence-electron chi connectivity index (χ0n) is 12.0. The van der Waals surface area contributed by atoms with Crippen LogP contribution in [0.3, 0.4) is 0 Å². The molecule has 4 nitrogen and oxygen atoms in total. The maximum atomic E-state index is 12.3. The van der Waals surface area contributed by atoms with Crippen molar-refractivity contribution in [2.75, 3.05) is 26.2 Å². The van der Waals surface area contributed by atoms with E-state index in [1.807, 2.05) is 4.90 Å². The number of carbonyl (C=O) groups is 1. The van der Waals surface area contributed by atoms with Crippen LogP contribution in [-0.4, -0.2) is 48.7 Å². The molecule has 4 heteroatoms. The monoisotopic (exact) mass is 254 g/mol. The van der Waals surface area contributed by atoms with E-state index in [0.717, 1.165) is 19.6 Å². The Hall–Kier alpha value is -0.610. The predicted molar refractivity (Wildman–Crippen MR) is 71.3 cm³/mol. The van der Waals surface area contributed by atoms with Crippen LogP contribution < -0.4 is 5.32 Å². The van der Waals surface area contributed by atoms with E-state index in [2.05, 4.69) is 33.0 Å². The highest BCUT2D eigenvalue weighted by molar-refractivity contribution is 5.78. The first kappa shape index (κ1) is 13.8. The van der Waals surface area contributed by atoms with Crippen LogP contribution in [0.5, 0.6) is 0 Å². The first-order chi connectivity index (χ1) is 8.41. The number of piperidine rings is 1. The van der Waals surface area contributed by atoms with E-state index in [4.69, 9.17) is 4.74 Å². The Balaban J connectivity index is 1.87. The molecule has 3 atom stereocenters. The van der Waals surface area contributed by atoms with Crippen molar-refractivity contribution in [2.24, 2.45) is 11.8 Å². The van der Waals surface area contributed by atoms with Gasteiger partial charge in [-0.2, -0.15) is 0 Å². The fourth-order valence-electron chi connectivity index (χ4n) is 2.94. The summed E-state index contributed by atoms with van der Waals surface area (Å²) in [5, 5.41) is 3.18. The lowest BCUT2D eigenvalue weighted by molar-refractivity contribution is -0.151. The highest BCUT2D eigenvalue weighted by Crippen LogP contribution is 2.27. The molecule has 0 bridgehead atoms. The summed E-state index contributed by atoms with van der Waals surface area (Å²) in [4.78, 5) is 14.3. The van der Waals surface area contributed by atoms with E-state index in [1.165, 1.54) is 6.42 Å². The minimum Gasteiger partial charge on any atom is -0.363 e. The van der Waals surface area contributed by atoms with Gasteiger partial charge >= 0.3 is 0 Å². The third-order valence-corrected chi connectivity index (χ3v) is 4.46. The molecule has 1 N–H and O–H groups in total. The molecule has 3 unspecified atom stereocenters. The maximum absolute atomic E-state index is 12.3. The Morgan fingerprint density at radius 3 is 2.61 bits per heavy atom. The van der Waals surface area contributed by atoms with Crippen molar-refractivity contribution in [1.82, 2.24) is 10.2 Å². The van der Waals surface area contributed by atoms with Gasteiger partial charge in [-0.15, -0.1) is 0 Å². The van der Waals surface area contributed by atoms with E-state index >= 15 is 0 Å². The quantitative estimate of drug-likeness (QED) is 0.824. The van der Waals surface area contributed by atoms with Crippen LogP contribution in [-0.2, 0) is 9.53 Å². The lowest BCUT2D eigenvalue weighted by Crippen LogP contribution is -2.60. The number of likely N-dealkylation sites (tertiary alicyclic amines) is 1. The van der Waals surface area contributed by atoms with Crippen LogP contribution in [0.4, 0.5) is 0 Å². The summed E-state index contributed by atoms with van der Waals surface area (Å²) < 4.78 is 5.75. The lowest BCUT2D eigenvalue weighted by Gasteiger charge is -2.43.